The van der Waals surface area contributed by atoms with Crippen LogP contribution in [0.15, 0.2) is 52.0 Å². The zero-order valence-electron chi connectivity index (χ0n) is 12.1. The second kappa shape index (κ2) is 5.98. The third-order valence-corrected chi connectivity index (χ3v) is 4.89. The average Bonchev–Trinajstić information content (AvgIpc) is 3.16. The van der Waals surface area contributed by atoms with Crippen molar-refractivity contribution >= 4 is 27.5 Å². The number of carbonyl (C=O) groups excluding carboxylic acids is 2. The number of nitrogens with zero attached hydrogens (tertiary/aromatic N) is 1. The van der Waals surface area contributed by atoms with E-state index in [4.69, 9.17) is 4.42 Å². The Balaban J connectivity index is 1.76. The van der Waals surface area contributed by atoms with Gasteiger partial charge in [0.05, 0.1) is 23.4 Å². The summed E-state index contributed by atoms with van der Waals surface area (Å²) in [5, 5.41) is 0. The van der Waals surface area contributed by atoms with E-state index in [0.717, 1.165) is 4.90 Å². The van der Waals surface area contributed by atoms with Crippen molar-refractivity contribution in [3.63, 3.8) is 0 Å². The molecule has 2 amide bonds. The molecule has 1 aliphatic rings. The van der Waals surface area contributed by atoms with Crippen LogP contribution in [0.25, 0.3) is 0 Å². The second-order valence-corrected chi connectivity index (χ2v) is 6.79. The van der Waals surface area contributed by atoms with Crippen LogP contribution in [-0.2, 0) is 26.2 Å². The molecule has 23 heavy (non-hydrogen) atoms. The van der Waals surface area contributed by atoms with Gasteiger partial charge < -0.3 is 4.42 Å². The summed E-state index contributed by atoms with van der Waals surface area (Å²) in [6.45, 7) is 0.0418. The fraction of sp³-hybridized carbons (Fsp3) is 0.200. The summed E-state index contributed by atoms with van der Waals surface area (Å²) >= 11 is 0. The topological polar surface area (TPSA) is 96.7 Å². The lowest BCUT2D eigenvalue weighted by atomic mass is 10.3. The minimum absolute atomic E-state index is 0.0418. The van der Waals surface area contributed by atoms with E-state index in [2.05, 4.69) is 4.72 Å². The number of carbonyl (C=O) groups is 2. The molecule has 1 aliphatic heterocycles. The number of sulfonamides is 1. The summed E-state index contributed by atoms with van der Waals surface area (Å²) in [5.41, 5.74) is 0.377. The number of benzene rings is 1. The van der Waals surface area contributed by atoms with E-state index in [0.29, 0.717) is 11.4 Å². The lowest BCUT2D eigenvalue weighted by molar-refractivity contribution is -0.121. The van der Waals surface area contributed by atoms with Gasteiger partial charge in [0.1, 0.15) is 5.76 Å². The van der Waals surface area contributed by atoms with E-state index in [9.17, 15) is 18.0 Å². The number of imide groups is 1. The Labute approximate surface area is 132 Å². The third-order valence-electron chi connectivity index (χ3n) is 3.47. The van der Waals surface area contributed by atoms with Gasteiger partial charge in [-0.25, -0.2) is 13.1 Å². The van der Waals surface area contributed by atoms with Crippen LogP contribution >= 0.6 is 0 Å². The number of amides is 2. The molecule has 1 aromatic heterocycles. The first-order valence-corrected chi connectivity index (χ1v) is 8.43. The number of furan rings is 1. The average molecular weight is 334 g/mol. The zero-order chi connectivity index (χ0) is 16.4. The summed E-state index contributed by atoms with van der Waals surface area (Å²) in [6.07, 6.45) is 1.83. The molecule has 0 unspecified atom stereocenters. The minimum atomic E-state index is -3.70. The van der Waals surface area contributed by atoms with Crippen LogP contribution in [0.4, 0.5) is 5.69 Å². The molecule has 0 saturated carbocycles. The summed E-state index contributed by atoms with van der Waals surface area (Å²) < 4.78 is 31.9. The number of hydrogen-bond donors (Lipinski definition) is 1. The molecule has 120 valence electrons. The SMILES string of the molecule is O=C1CCC(=O)N1c1ccc(S(=O)(=O)NCc2ccco2)cc1. The molecule has 1 fully saturated rings. The molecule has 0 atom stereocenters. The molecule has 3 rings (SSSR count). The molecule has 0 aliphatic carbocycles. The van der Waals surface area contributed by atoms with Crippen LogP contribution < -0.4 is 9.62 Å². The molecular formula is C15H14N2O5S. The van der Waals surface area contributed by atoms with Gasteiger partial charge in [0, 0.05) is 12.8 Å². The highest BCUT2D eigenvalue weighted by atomic mass is 32.2. The largest absolute Gasteiger partial charge is 0.468 e. The predicted molar refractivity (Wildman–Crippen MR) is 80.9 cm³/mol. The van der Waals surface area contributed by atoms with Gasteiger partial charge in [-0.2, -0.15) is 0 Å². The lowest BCUT2D eigenvalue weighted by Gasteiger charge is -2.14. The van der Waals surface area contributed by atoms with E-state index >= 15 is 0 Å². The first kappa shape index (κ1) is 15.4. The maximum absolute atomic E-state index is 12.2. The van der Waals surface area contributed by atoms with E-state index in [1.165, 1.54) is 30.5 Å². The van der Waals surface area contributed by atoms with Gasteiger partial charge in [-0.05, 0) is 36.4 Å². The van der Waals surface area contributed by atoms with Crippen molar-refractivity contribution in [1.29, 1.82) is 0 Å². The van der Waals surface area contributed by atoms with Gasteiger partial charge in [-0.3, -0.25) is 14.5 Å². The predicted octanol–water partition coefficient (Wildman–Crippen LogP) is 1.41. The number of rotatable bonds is 5. The third kappa shape index (κ3) is 3.17. The smallest absolute Gasteiger partial charge is 0.240 e. The van der Waals surface area contributed by atoms with Gasteiger partial charge in [-0.15, -0.1) is 0 Å². The molecular weight excluding hydrogens is 320 g/mol. The van der Waals surface area contributed by atoms with Crippen LogP contribution in [-0.4, -0.2) is 20.2 Å². The van der Waals surface area contributed by atoms with E-state index in [1.54, 1.807) is 12.1 Å². The molecule has 2 heterocycles. The molecule has 2 aromatic rings. The minimum Gasteiger partial charge on any atom is -0.468 e. The summed E-state index contributed by atoms with van der Waals surface area (Å²) in [4.78, 5) is 24.5. The van der Waals surface area contributed by atoms with Crippen molar-refractivity contribution in [2.24, 2.45) is 0 Å². The maximum atomic E-state index is 12.2. The Morgan fingerprint density at radius 3 is 2.26 bits per heavy atom. The highest BCUT2D eigenvalue weighted by molar-refractivity contribution is 7.89. The van der Waals surface area contributed by atoms with Gasteiger partial charge in [0.15, 0.2) is 0 Å². The Morgan fingerprint density at radius 2 is 1.70 bits per heavy atom. The van der Waals surface area contributed by atoms with Gasteiger partial charge >= 0.3 is 0 Å². The molecule has 7 nitrogen and oxygen atoms in total. The van der Waals surface area contributed by atoms with Crippen LogP contribution in [0.3, 0.4) is 0 Å². The highest BCUT2D eigenvalue weighted by Crippen LogP contribution is 2.24. The monoisotopic (exact) mass is 334 g/mol. The Morgan fingerprint density at radius 1 is 1.04 bits per heavy atom. The highest BCUT2D eigenvalue weighted by Gasteiger charge is 2.30. The van der Waals surface area contributed by atoms with Crippen LogP contribution in [0, 0.1) is 0 Å². The summed E-state index contributed by atoms with van der Waals surface area (Å²) in [6, 6.07) is 8.95. The maximum Gasteiger partial charge on any atom is 0.240 e. The number of hydrogen-bond acceptors (Lipinski definition) is 5. The molecule has 0 spiro atoms. The molecule has 0 bridgehead atoms. The molecule has 1 aromatic carbocycles. The first-order valence-electron chi connectivity index (χ1n) is 6.95. The Bertz CT molecular complexity index is 809. The molecule has 1 saturated heterocycles. The van der Waals surface area contributed by atoms with Gasteiger partial charge in [-0.1, -0.05) is 0 Å². The van der Waals surface area contributed by atoms with E-state index < -0.39 is 10.0 Å². The van der Waals surface area contributed by atoms with E-state index in [1.807, 2.05) is 0 Å². The molecule has 0 radical (unpaired) electrons. The summed E-state index contributed by atoms with van der Waals surface area (Å²) in [7, 11) is -3.70. The van der Waals surface area contributed by atoms with E-state index in [-0.39, 0.29) is 36.1 Å². The zero-order valence-corrected chi connectivity index (χ0v) is 12.9. The normalized spacial score (nSPS) is 15.4. The number of nitrogens with one attached hydrogen (secondary N) is 1. The van der Waals surface area contributed by atoms with Gasteiger partial charge in [0.2, 0.25) is 21.8 Å². The van der Waals surface area contributed by atoms with Crippen molar-refractivity contribution in [3.05, 3.63) is 48.4 Å². The summed E-state index contributed by atoms with van der Waals surface area (Å²) in [5.74, 6) is -0.0541. The van der Waals surface area contributed by atoms with Crippen molar-refractivity contribution in [3.8, 4) is 0 Å². The lowest BCUT2D eigenvalue weighted by Crippen LogP contribution is -2.28. The second-order valence-electron chi connectivity index (χ2n) is 5.02. The molecule has 1 N–H and O–H groups in total. The van der Waals surface area contributed by atoms with Crippen molar-refractivity contribution in [2.75, 3.05) is 4.90 Å². The Kier molecular flexibility index (Phi) is 4.01. The quantitative estimate of drug-likeness (QED) is 0.834. The van der Waals surface area contributed by atoms with Crippen molar-refractivity contribution < 1.29 is 22.4 Å². The standard InChI is InChI=1S/C15H14N2O5S/c18-14-7-8-15(19)17(14)11-3-5-13(6-4-11)23(20,21)16-10-12-2-1-9-22-12/h1-6,9,16H,7-8,10H2. The van der Waals surface area contributed by atoms with Gasteiger partial charge in [0.25, 0.3) is 0 Å². The van der Waals surface area contributed by atoms with Crippen molar-refractivity contribution in [1.82, 2.24) is 4.72 Å². The fourth-order valence-corrected chi connectivity index (χ4v) is 3.29. The first-order chi connectivity index (χ1) is 11.0. The van der Waals surface area contributed by atoms with Crippen LogP contribution in [0.5, 0.6) is 0 Å². The van der Waals surface area contributed by atoms with Crippen LogP contribution in [0.2, 0.25) is 0 Å². The Hall–Kier alpha value is -2.45. The number of anilines is 1. The fourth-order valence-electron chi connectivity index (χ4n) is 2.30. The van der Waals surface area contributed by atoms with Crippen molar-refractivity contribution in [2.45, 2.75) is 24.3 Å². The van der Waals surface area contributed by atoms with Crippen LogP contribution in [0.1, 0.15) is 18.6 Å². The molecule has 8 heteroatoms.